The predicted octanol–water partition coefficient (Wildman–Crippen LogP) is 1.28. The summed E-state index contributed by atoms with van der Waals surface area (Å²) in [5.41, 5.74) is -0.138. The van der Waals surface area contributed by atoms with E-state index in [1.165, 1.54) is 0 Å². The topological polar surface area (TPSA) is 69.7 Å². The van der Waals surface area contributed by atoms with Gasteiger partial charge in [0.25, 0.3) is 5.91 Å². The van der Waals surface area contributed by atoms with Crippen molar-refractivity contribution in [1.29, 1.82) is 0 Å². The van der Waals surface area contributed by atoms with Crippen LogP contribution in [0.3, 0.4) is 0 Å². The Balaban J connectivity index is 2.00. The number of ether oxygens (including phenoxy) is 1. The maximum absolute atomic E-state index is 12.4. The Kier molecular flexibility index (Phi) is 3.88. The molecule has 1 amide bonds. The van der Waals surface area contributed by atoms with Gasteiger partial charge >= 0.3 is 7.12 Å². The monoisotopic (exact) mass is 318 g/mol. The van der Waals surface area contributed by atoms with Crippen LogP contribution in [0.2, 0.25) is 0 Å². The minimum atomic E-state index is -0.699. The van der Waals surface area contributed by atoms with Crippen LogP contribution in [0.1, 0.15) is 50.9 Å². The largest absolute Gasteiger partial charge is 0.515 e. The van der Waals surface area contributed by atoms with Crippen molar-refractivity contribution in [3.63, 3.8) is 0 Å². The number of carbonyl (C=O) groups excluding carboxylic acids is 1. The molecule has 0 radical (unpaired) electrons. The first-order valence-corrected chi connectivity index (χ1v) is 7.98. The number of rotatable bonds is 4. The smallest absolute Gasteiger partial charge is 0.489 e. The summed E-state index contributed by atoms with van der Waals surface area (Å²) < 4.78 is 18.0. The number of aromatic nitrogens is 1. The molecule has 0 atom stereocenters. The van der Waals surface area contributed by atoms with Crippen molar-refractivity contribution < 1.29 is 18.8 Å². The second-order valence-electron chi connectivity index (χ2n) is 7.05. The van der Waals surface area contributed by atoms with Gasteiger partial charge in [-0.05, 0) is 46.6 Å². The number of hydrogen-bond acceptors (Lipinski definition) is 5. The van der Waals surface area contributed by atoms with Crippen LogP contribution >= 0.6 is 0 Å². The molecule has 7 heteroatoms. The maximum atomic E-state index is 12.4. The minimum absolute atomic E-state index is 0.187. The highest BCUT2D eigenvalue weighted by Gasteiger charge is 2.53. The van der Waals surface area contributed by atoms with Crippen molar-refractivity contribution in [2.24, 2.45) is 0 Å². The molecule has 2 heterocycles. The summed E-state index contributed by atoms with van der Waals surface area (Å²) in [6, 6.07) is 1.72. The van der Waals surface area contributed by atoms with E-state index in [1.54, 1.807) is 19.3 Å². The summed E-state index contributed by atoms with van der Waals surface area (Å²) in [5.74, 6) is 0.282. The standard InChI is InChI=1S/C16H23BN2O4/c1-15(2)16(3,4)23-17(22-15)13-12(14(20)18-5)11(8-9-19-13)21-10-6-7-10/h8-10H,6-7H2,1-5H3,(H,18,20). The second-order valence-corrected chi connectivity index (χ2v) is 7.05. The van der Waals surface area contributed by atoms with E-state index in [9.17, 15) is 4.79 Å². The molecule has 1 N–H and O–H groups in total. The second kappa shape index (κ2) is 5.49. The van der Waals surface area contributed by atoms with E-state index >= 15 is 0 Å². The van der Waals surface area contributed by atoms with Crippen LogP contribution in [0.4, 0.5) is 0 Å². The van der Waals surface area contributed by atoms with Crippen molar-refractivity contribution in [2.75, 3.05) is 7.05 Å². The van der Waals surface area contributed by atoms with Gasteiger partial charge in [-0.15, -0.1) is 0 Å². The van der Waals surface area contributed by atoms with Crippen molar-refractivity contribution >= 4 is 18.6 Å². The van der Waals surface area contributed by atoms with Crippen LogP contribution in [0, 0.1) is 0 Å². The molecule has 23 heavy (non-hydrogen) atoms. The molecule has 1 aromatic heterocycles. The van der Waals surface area contributed by atoms with E-state index in [0.29, 0.717) is 16.9 Å². The molecule has 124 valence electrons. The van der Waals surface area contributed by atoms with Crippen molar-refractivity contribution in [1.82, 2.24) is 10.3 Å². The van der Waals surface area contributed by atoms with E-state index in [-0.39, 0.29) is 12.0 Å². The zero-order valence-corrected chi connectivity index (χ0v) is 14.3. The molecule has 3 rings (SSSR count). The van der Waals surface area contributed by atoms with Crippen molar-refractivity contribution in [2.45, 2.75) is 57.8 Å². The molecule has 0 unspecified atom stereocenters. The zero-order valence-electron chi connectivity index (χ0n) is 14.3. The third-order valence-corrected chi connectivity index (χ3v) is 4.69. The number of hydrogen-bond donors (Lipinski definition) is 1. The molecule has 1 saturated heterocycles. The first-order chi connectivity index (χ1) is 10.7. The van der Waals surface area contributed by atoms with Gasteiger partial charge in [0.2, 0.25) is 0 Å². The summed E-state index contributed by atoms with van der Waals surface area (Å²) >= 11 is 0. The van der Waals surface area contributed by atoms with E-state index in [1.807, 2.05) is 27.7 Å². The average molecular weight is 318 g/mol. The molecule has 1 aliphatic carbocycles. The quantitative estimate of drug-likeness (QED) is 0.847. The van der Waals surface area contributed by atoms with Gasteiger partial charge in [-0.2, -0.15) is 0 Å². The van der Waals surface area contributed by atoms with Gasteiger partial charge in [-0.3, -0.25) is 9.78 Å². The normalized spacial score (nSPS) is 22.0. The Morgan fingerprint density at radius 1 is 1.30 bits per heavy atom. The van der Waals surface area contributed by atoms with Gasteiger partial charge in [-0.1, -0.05) is 0 Å². The summed E-state index contributed by atoms with van der Waals surface area (Å²) in [6.45, 7) is 7.88. The molecular formula is C16H23BN2O4. The molecule has 1 aromatic rings. The molecule has 2 fully saturated rings. The number of amides is 1. The Bertz CT molecular complexity index is 613. The fourth-order valence-corrected chi connectivity index (χ4v) is 2.41. The van der Waals surface area contributed by atoms with Crippen molar-refractivity contribution in [3.8, 4) is 5.75 Å². The Hall–Kier alpha value is -1.60. The number of pyridine rings is 1. The fraction of sp³-hybridized carbons (Fsp3) is 0.625. The van der Waals surface area contributed by atoms with Gasteiger partial charge in [0.1, 0.15) is 5.75 Å². The lowest BCUT2D eigenvalue weighted by Gasteiger charge is -2.32. The van der Waals surface area contributed by atoms with E-state index in [0.717, 1.165) is 12.8 Å². The fourth-order valence-electron chi connectivity index (χ4n) is 2.41. The van der Waals surface area contributed by atoms with Crippen LogP contribution < -0.4 is 15.6 Å². The summed E-state index contributed by atoms with van der Waals surface area (Å²) in [6.07, 6.45) is 3.85. The third-order valence-electron chi connectivity index (χ3n) is 4.69. The Morgan fingerprint density at radius 3 is 2.43 bits per heavy atom. The van der Waals surface area contributed by atoms with Crippen LogP contribution in [-0.4, -0.2) is 42.4 Å². The van der Waals surface area contributed by atoms with Crippen LogP contribution in [-0.2, 0) is 9.31 Å². The average Bonchev–Trinajstić information content (AvgIpc) is 3.25. The SMILES string of the molecule is CNC(=O)c1c(OC2CC2)ccnc1B1OC(C)(C)C(C)(C)O1. The minimum Gasteiger partial charge on any atom is -0.489 e. The van der Waals surface area contributed by atoms with Crippen LogP contribution in [0.5, 0.6) is 5.75 Å². The molecule has 0 aromatic carbocycles. The van der Waals surface area contributed by atoms with Crippen molar-refractivity contribution in [3.05, 3.63) is 17.8 Å². The number of carbonyl (C=O) groups is 1. The van der Waals surface area contributed by atoms with E-state index in [4.69, 9.17) is 14.0 Å². The lowest BCUT2D eigenvalue weighted by atomic mass is 9.80. The molecule has 2 aliphatic rings. The van der Waals surface area contributed by atoms with Crippen LogP contribution in [0.25, 0.3) is 0 Å². The highest BCUT2D eigenvalue weighted by molar-refractivity contribution is 6.62. The van der Waals surface area contributed by atoms with Gasteiger partial charge < -0.3 is 19.4 Å². The van der Waals surface area contributed by atoms with Gasteiger partial charge in [0.05, 0.1) is 28.5 Å². The Morgan fingerprint density at radius 2 is 1.91 bits per heavy atom. The molecular weight excluding hydrogens is 295 g/mol. The van der Waals surface area contributed by atoms with Gasteiger partial charge in [-0.25, -0.2) is 0 Å². The molecule has 0 bridgehead atoms. The lowest BCUT2D eigenvalue weighted by Crippen LogP contribution is -2.42. The first-order valence-electron chi connectivity index (χ1n) is 7.98. The molecule has 1 saturated carbocycles. The summed E-state index contributed by atoms with van der Waals surface area (Å²) in [4.78, 5) is 16.8. The summed E-state index contributed by atoms with van der Waals surface area (Å²) in [7, 11) is 0.889. The molecule has 1 aliphatic heterocycles. The summed E-state index contributed by atoms with van der Waals surface area (Å²) in [5, 5.41) is 2.65. The molecule has 6 nitrogen and oxygen atoms in total. The van der Waals surface area contributed by atoms with Crippen LogP contribution in [0.15, 0.2) is 12.3 Å². The van der Waals surface area contributed by atoms with Gasteiger partial charge in [0, 0.05) is 13.2 Å². The third kappa shape index (κ3) is 2.95. The zero-order chi connectivity index (χ0) is 16.8. The van der Waals surface area contributed by atoms with E-state index in [2.05, 4.69) is 10.3 Å². The van der Waals surface area contributed by atoms with Gasteiger partial charge in [0.15, 0.2) is 0 Å². The number of nitrogens with zero attached hydrogens (tertiary/aromatic N) is 1. The lowest BCUT2D eigenvalue weighted by molar-refractivity contribution is 0.00578. The highest BCUT2D eigenvalue weighted by atomic mass is 16.7. The first kappa shape index (κ1) is 16.3. The Labute approximate surface area is 137 Å². The number of nitrogens with one attached hydrogen (secondary N) is 1. The predicted molar refractivity (Wildman–Crippen MR) is 87.0 cm³/mol. The maximum Gasteiger partial charge on any atom is 0.515 e. The highest BCUT2D eigenvalue weighted by Crippen LogP contribution is 2.37. The van der Waals surface area contributed by atoms with E-state index < -0.39 is 18.3 Å². The molecule has 0 spiro atoms.